The SMILES string of the molecule is CC[C@@H](C)NC(=O)c1cc(S(=O)(=O)N2CCN(C)CC2)ccc1C. The lowest BCUT2D eigenvalue weighted by atomic mass is 10.1. The summed E-state index contributed by atoms with van der Waals surface area (Å²) in [6.07, 6.45) is 0.823. The van der Waals surface area contributed by atoms with E-state index in [9.17, 15) is 13.2 Å². The highest BCUT2D eigenvalue weighted by Gasteiger charge is 2.28. The number of carbonyl (C=O) groups excluding carboxylic acids is 1. The van der Waals surface area contributed by atoms with Crippen LogP contribution in [-0.2, 0) is 10.0 Å². The van der Waals surface area contributed by atoms with Crippen LogP contribution in [0.25, 0.3) is 0 Å². The fourth-order valence-electron chi connectivity index (χ4n) is 2.59. The molecule has 134 valence electrons. The van der Waals surface area contributed by atoms with Crippen LogP contribution in [0.2, 0.25) is 0 Å². The zero-order valence-electron chi connectivity index (χ0n) is 14.9. The number of carbonyl (C=O) groups is 1. The van der Waals surface area contributed by atoms with Crippen molar-refractivity contribution >= 4 is 15.9 Å². The van der Waals surface area contributed by atoms with Crippen LogP contribution >= 0.6 is 0 Å². The molecule has 7 heteroatoms. The van der Waals surface area contributed by atoms with Gasteiger partial charge in [-0.2, -0.15) is 4.31 Å². The highest BCUT2D eigenvalue weighted by molar-refractivity contribution is 7.89. The summed E-state index contributed by atoms with van der Waals surface area (Å²) >= 11 is 0. The minimum Gasteiger partial charge on any atom is -0.350 e. The van der Waals surface area contributed by atoms with E-state index in [0.29, 0.717) is 31.7 Å². The standard InChI is InChI=1S/C17H27N3O3S/c1-5-14(3)18-17(21)16-12-15(7-6-13(16)2)24(22,23)20-10-8-19(4)9-11-20/h6-7,12,14H,5,8-11H2,1-4H3,(H,18,21)/t14-/m1/s1. The molecule has 0 radical (unpaired) electrons. The normalized spacial score (nSPS) is 18.3. The Hall–Kier alpha value is -1.44. The zero-order chi connectivity index (χ0) is 17.9. The Morgan fingerprint density at radius 1 is 1.25 bits per heavy atom. The second-order valence-electron chi connectivity index (χ2n) is 6.47. The zero-order valence-corrected chi connectivity index (χ0v) is 15.7. The summed E-state index contributed by atoms with van der Waals surface area (Å²) in [4.78, 5) is 14.7. The van der Waals surface area contributed by atoms with E-state index in [1.165, 1.54) is 10.4 Å². The molecule has 1 amide bonds. The molecule has 1 aromatic carbocycles. The van der Waals surface area contributed by atoms with Gasteiger partial charge in [-0.05, 0) is 45.0 Å². The largest absolute Gasteiger partial charge is 0.350 e. The molecule has 1 fully saturated rings. The number of sulfonamides is 1. The van der Waals surface area contributed by atoms with Gasteiger partial charge in [0.1, 0.15) is 0 Å². The summed E-state index contributed by atoms with van der Waals surface area (Å²) in [6, 6.07) is 4.84. The van der Waals surface area contributed by atoms with Crippen molar-refractivity contribution in [2.24, 2.45) is 0 Å². The predicted octanol–water partition coefficient (Wildman–Crippen LogP) is 1.46. The molecule has 6 nitrogen and oxygen atoms in total. The van der Waals surface area contributed by atoms with E-state index in [1.54, 1.807) is 12.1 Å². The van der Waals surface area contributed by atoms with E-state index >= 15 is 0 Å². The third kappa shape index (κ3) is 4.15. The molecule has 0 bridgehead atoms. The Morgan fingerprint density at radius 3 is 2.46 bits per heavy atom. The molecule has 24 heavy (non-hydrogen) atoms. The fraction of sp³-hybridized carbons (Fsp3) is 0.588. The summed E-state index contributed by atoms with van der Waals surface area (Å²) < 4.78 is 27.2. The Morgan fingerprint density at radius 2 is 1.88 bits per heavy atom. The Kier molecular flexibility index (Phi) is 6.01. The summed E-state index contributed by atoms with van der Waals surface area (Å²) in [5.74, 6) is -0.225. The van der Waals surface area contributed by atoms with E-state index in [4.69, 9.17) is 0 Å². The lowest BCUT2D eigenvalue weighted by Crippen LogP contribution is -2.47. The number of piperazine rings is 1. The molecule has 0 aliphatic carbocycles. The van der Waals surface area contributed by atoms with Crippen molar-refractivity contribution in [2.75, 3.05) is 33.2 Å². The average molecular weight is 353 g/mol. The predicted molar refractivity (Wildman–Crippen MR) is 94.7 cm³/mol. The first-order valence-electron chi connectivity index (χ1n) is 8.36. The van der Waals surface area contributed by atoms with Crippen LogP contribution in [0, 0.1) is 6.92 Å². The molecule has 0 saturated carbocycles. The number of amides is 1. The molecule has 1 aliphatic rings. The van der Waals surface area contributed by atoms with Crippen LogP contribution < -0.4 is 5.32 Å². The molecule has 0 unspecified atom stereocenters. The molecule has 1 N–H and O–H groups in total. The van der Waals surface area contributed by atoms with Gasteiger partial charge in [-0.1, -0.05) is 13.0 Å². The van der Waals surface area contributed by atoms with E-state index in [0.717, 1.165) is 12.0 Å². The van der Waals surface area contributed by atoms with Gasteiger partial charge in [0.15, 0.2) is 0 Å². The Labute approximate surface area is 144 Å². The third-order valence-corrected chi connectivity index (χ3v) is 6.44. The number of aryl methyl sites for hydroxylation is 1. The van der Waals surface area contributed by atoms with Crippen LogP contribution in [0.3, 0.4) is 0 Å². The van der Waals surface area contributed by atoms with Gasteiger partial charge in [0, 0.05) is 37.8 Å². The second-order valence-corrected chi connectivity index (χ2v) is 8.40. The maximum absolute atomic E-state index is 12.8. The number of hydrogen-bond donors (Lipinski definition) is 1. The van der Waals surface area contributed by atoms with Crippen molar-refractivity contribution < 1.29 is 13.2 Å². The molecular weight excluding hydrogens is 326 g/mol. The van der Waals surface area contributed by atoms with Crippen molar-refractivity contribution in [3.8, 4) is 0 Å². The molecule has 1 aromatic rings. The molecule has 2 rings (SSSR count). The van der Waals surface area contributed by atoms with Crippen LogP contribution in [-0.4, -0.2) is 62.8 Å². The fourth-order valence-corrected chi connectivity index (χ4v) is 4.04. The van der Waals surface area contributed by atoms with Crippen LogP contribution in [0.15, 0.2) is 23.1 Å². The van der Waals surface area contributed by atoms with E-state index in [1.807, 2.05) is 27.8 Å². The first-order valence-corrected chi connectivity index (χ1v) is 9.80. The van der Waals surface area contributed by atoms with E-state index in [-0.39, 0.29) is 16.8 Å². The molecule has 1 atom stereocenters. The molecular formula is C17H27N3O3S. The first-order chi connectivity index (χ1) is 11.3. The van der Waals surface area contributed by atoms with Crippen molar-refractivity contribution in [1.82, 2.24) is 14.5 Å². The first kappa shape index (κ1) is 18.9. The summed E-state index contributed by atoms with van der Waals surface area (Å²) in [7, 11) is -1.59. The van der Waals surface area contributed by atoms with Gasteiger partial charge in [0.2, 0.25) is 10.0 Å². The molecule has 0 aromatic heterocycles. The van der Waals surface area contributed by atoms with Gasteiger partial charge in [-0.3, -0.25) is 4.79 Å². The van der Waals surface area contributed by atoms with Crippen molar-refractivity contribution in [3.05, 3.63) is 29.3 Å². The van der Waals surface area contributed by atoms with Gasteiger partial charge in [0.05, 0.1) is 4.90 Å². The van der Waals surface area contributed by atoms with E-state index < -0.39 is 10.0 Å². The van der Waals surface area contributed by atoms with Gasteiger partial charge < -0.3 is 10.2 Å². The topological polar surface area (TPSA) is 69.7 Å². The maximum Gasteiger partial charge on any atom is 0.251 e. The number of likely N-dealkylation sites (N-methyl/N-ethyl adjacent to an activating group) is 1. The molecule has 1 aliphatic heterocycles. The van der Waals surface area contributed by atoms with Crippen molar-refractivity contribution in [1.29, 1.82) is 0 Å². The average Bonchev–Trinajstić information content (AvgIpc) is 2.55. The van der Waals surface area contributed by atoms with Crippen LogP contribution in [0.1, 0.15) is 36.2 Å². The minimum atomic E-state index is -3.57. The Balaban J connectivity index is 2.28. The quantitative estimate of drug-likeness (QED) is 0.870. The smallest absolute Gasteiger partial charge is 0.251 e. The molecule has 0 spiro atoms. The second kappa shape index (κ2) is 7.63. The van der Waals surface area contributed by atoms with Gasteiger partial charge in [-0.25, -0.2) is 8.42 Å². The monoisotopic (exact) mass is 353 g/mol. The Bertz CT molecular complexity index is 695. The third-order valence-electron chi connectivity index (χ3n) is 4.54. The van der Waals surface area contributed by atoms with Crippen molar-refractivity contribution in [3.63, 3.8) is 0 Å². The minimum absolute atomic E-state index is 0.0507. The number of nitrogens with one attached hydrogen (secondary N) is 1. The number of rotatable bonds is 5. The highest BCUT2D eigenvalue weighted by atomic mass is 32.2. The summed E-state index contributed by atoms with van der Waals surface area (Å²) in [5, 5.41) is 2.90. The number of hydrogen-bond acceptors (Lipinski definition) is 4. The highest BCUT2D eigenvalue weighted by Crippen LogP contribution is 2.21. The summed E-state index contributed by atoms with van der Waals surface area (Å²) in [5.41, 5.74) is 1.19. The lowest BCUT2D eigenvalue weighted by molar-refractivity contribution is 0.0938. The maximum atomic E-state index is 12.8. The van der Waals surface area contributed by atoms with Crippen LogP contribution in [0.5, 0.6) is 0 Å². The van der Waals surface area contributed by atoms with Crippen LogP contribution in [0.4, 0.5) is 0 Å². The lowest BCUT2D eigenvalue weighted by Gasteiger charge is -2.31. The summed E-state index contributed by atoms with van der Waals surface area (Å²) in [6.45, 7) is 8.11. The molecule has 1 heterocycles. The van der Waals surface area contributed by atoms with Crippen molar-refractivity contribution in [2.45, 2.75) is 38.1 Å². The van der Waals surface area contributed by atoms with Gasteiger partial charge in [-0.15, -0.1) is 0 Å². The van der Waals surface area contributed by atoms with Gasteiger partial charge in [0.25, 0.3) is 5.91 Å². The number of nitrogens with zero attached hydrogens (tertiary/aromatic N) is 2. The number of benzene rings is 1. The van der Waals surface area contributed by atoms with Gasteiger partial charge >= 0.3 is 0 Å². The van der Waals surface area contributed by atoms with E-state index in [2.05, 4.69) is 10.2 Å². The molecule has 1 saturated heterocycles.